The van der Waals surface area contributed by atoms with Crippen molar-refractivity contribution in [3.63, 3.8) is 0 Å². The summed E-state index contributed by atoms with van der Waals surface area (Å²) in [4.78, 5) is 22.9. The van der Waals surface area contributed by atoms with Crippen molar-refractivity contribution >= 4 is 23.3 Å². The number of ether oxygens (including phenoxy) is 1. The van der Waals surface area contributed by atoms with Gasteiger partial charge in [-0.25, -0.2) is 0 Å². The van der Waals surface area contributed by atoms with Gasteiger partial charge >= 0.3 is 0 Å². The van der Waals surface area contributed by atoms with E-state index in [1.807, 2.05) is 0 Å². The molecular weight excluding hydrogens is 286 g/mol. The standard InChI is InChI=1S/C15H17N3O4/c1-9-8-14(18-22-9)17-15(20)10(2)21-13-6-4-12(5-7-13)16-11(3)19/h4-8,10H,1-3H3,(H,16,19)(H,17,18,20)/t10-/m1/s1. The summed E-state index contributed by atoms with van der Waals surface area (Å²) >= 11 is 0. The monoisotopic (exact) mass is 303 g/mol. The molecule has 1 atom stereocenters. The van der Waals surface area contributed by atoms with Crippen LogP contribution in [0.2, 0.25) is 0 Å². The van der Waals surface area contributed by atoms with Gasteiger partial charge in [-0.2, -0.15) is 0 Å². The van der Waals surface area contributed by atoms with Gasteiger partial charge in [-0.1, -0.05) is 5.16 Å². The number of rotatable bonds is 5. The van der Waals surface area contributed by atoms with Gasteiger partial charge in [0.25, 0.3) is 5.91 Å². The minimum atomic E-state index is -0.705. The van der Waals surface area contributed by atoms with Crippen molar-refractivity contribution in [1.29, 1.82) is 0 Å². The molecule has 0 unspecified atom stereocenters. The number of aryl methyl sites for hydroxylation is 1. The predicted octanol–water partition coefficient (Wildman–Crippen LogP) is 2.35. The van der Waals surface area contributed by atoms with Gasteiger partial charge in [0, 0.05) is 18.7 Å². The molecule has 0 aliphatic heterocycles. The van der Waals surface area contributed by atoms with Gasteiger partial charge in [-0.05, 0) is 38.1 Å². The van der Waals surface area contributed by atoms with Crippen LogP contribution in [0.5, 0.6) is 5.75 Å². The van der Waals surface area contributed by atoms with Gasteiger partial charge in [0.2, 0.25) is 5.91 Å². The van der Waals surface area contributed by atoms with E-state index in [-0.39, 0.29) is 11.8 Å². The number of carbonyl (C=O) groups excluding carboxylic acids is 2. The van der Waals surface area contributed by atoms with Crippen LogP contribution in [0.4, 0.5) is 11.5 Å². The van der Waals surface area contributed by atoms with Crippen molar-refractivity contribution < 1.29 is 18.8 Å². The van der Waals surface area contributed by atoms with Crippen LogP contribution in [0.15, 0.2) is 34.9 Å². The number of nitrogens with zero attached hydrogens (tertiary/aromatic N) is 1. The molecule has 0 bridgehead atoms. The Bertz CT molecular complexity index is 664. The molecule has 2 rings (SSSR count). The van der Waals surface area contributed by atoms with E-state index < -0.39 is 6.10 Å². The van der Waals surface area contributed by atoms with Gasteiger partial charge in [-0.3, -0.25) is 9.59 Å². The molecule has 0 radical (unpaired) electrons. The number of hydrogen-bond acceptors (Lipinski definition) is 5. The Morgan fingerprint density at radius 1 is 1.23 bits per heavy atom. The zero-order valence-electron chi connectivity index (χ0n) is 12.5. The second-order valence-corrected chi connectivity index (χ2v) is 4.78. The first-order chi connectivity index (χ1) is 10.4. The largest absolute Gasteiger partial charge is 0.481 e. The number of aromatic nitrogens is 1. The first kappa shape index (κ1) is 15.6. The smallest absolute Gasteiger partial charge is 0.266 e. The molecule has 0 saturated heterocycles. The minimum Gasteiger partial charge on any atom is -0.481 e. The fourth-order valence-electron chi connectivity index (χ4n) is 1.73. The molecule has 22 heavy (non-hydrogen) atoms. The zero-order chi connectivity index (χ0) is 16.1. The summed E-state index contributed by atoms with van der Waals surface area (Å²) in [6, 6.07) is 8.36. The van der Waals surface area contributed by atoms with Crippen LogP contribution in [0, 0.1) is 6.92 Å². The van der Waals surface area contributed by atoms with Crippen LogP contribution in [0.1, 0.15) is 19.6 Å². The highest BCUT2D eigenvalue weighted by molar-refractivity contribution is 5.93. The number of amides is 2. The highest BCUT2D eigenvalue weighted by atomic mass is 16.5. The van der Waals surface area contributed by atoms with Crippen molar-refractivity contribution in [1.82, 2.24) is 5.16 Å². The second-order valence-electron chi connectivity index (χ2n) is 4.78. The third-order valence-electron chi connectivity index (χ3n) is 2.74. The molecular formula is C15H17N3O4. The molecule has 0 aliphatic rings. The molecule has 2 aromatic rings. The predicted molar refractivity (Wildman–Crippen MR) is 80.7 cm³/mol. The molecule has 0 fully saturated rings. The molecule has 1 aromatic carbocycles. The lowest BCUT2D eigenvalue weighted by atomic mass is 10.3. The zero-order valence-corrected chi connectivity index (χ0v) is 12.5. The van der Waals surface area contributed by atoms with Crippen molar-refractivity contribution in [2.45, 2.75) is 26.9 Å². The van der Waals surface area contributed by atoms with E-state index in [1.54, 1.807) is 44.2 Å². The van der Waals surface area contributed by atoms with E-state index in [2.05, 4.69) is 15.8 Å². The van der Waals surface area contributed by atoms with E-state index in [4.69, 9.17) is 9.26 Å². The number of nitrogens with one attached hydrogen (secondary N) is 2. The van der Waals surface area contributed by atoms with Gasteiger partial charge in [0.15, 0.2) is 11.9 Å². The first-order valence-corrected chi connectivity index (χ1v) is 6.72. The lowest BCUT2D eigenvalue weighted by molar-refractivity contribution is -0.122. The average Bonchev–Trinajstić information content (AvgIpc) is 2.85. The molecule has 0 saturated carbocycles. The SMILES string of the molecule is CC(=O)Nc1ccc(O[C@H](C)C(=O)Nc2cc(C)on2)cc1. The summed E-state index contributed by atoms with van der Waals surface area (Å²) in [5.74, 6) is 0.994. The second kappa shape index (κ2) is 6.75. The lowest BCUT2D eigenvalue weighted by Crippen LogP contribution is -2.30. The maximum Gasteiger partial charge on any atom is 0.266 e. The van der Waals surface area contributed by atoms with Crippen molar-refractivity contribution in [3.8, 4) is 5.75 Å². The Morgan fingerprint density at radius 2 is 1.91 bits per heavy atom. The number of hydrogen-bond donors (Lipinski definition) is 2. The summed E-state index contributed by atoms with van der Waals surface area (Å²) < 4.78 is 10.4. The van der Waals surface area contributed by atoms with E-state index in [0.29, 0.717) is 23.0 Å². The fraction of sp³-hybridized carbons (Fsp3) is 0.267. The third-order valence-corrected chi connectivity index (χ3v) is 2.74. The number of benzene rings is 1. The van der Waals surface area contributed by atoms with E-state index in [0.717, 1.165) is 0 Å². The van der Waals surface area contributed by atoms with Crippen LogP contribution < -0.4 is 15.4 Å². The van der Waals surface area contributed by atoms with Crippen LogP contribution in [0.3, 0.4) is 0 Å². The van der Waals surface area contributed by atoms with Gasteiger partial charge in [-0.15, -0.1) is 0 Å². The highest BCUT2D eigenvalue weighted by Crippen LogP contribution is 2.17. The first-order valence-electron chi connectivity index (χ1n) is 6.72. The summed E-state index contributed by atoms with van der Waals surface area (Å²) in [5.41, 5.74) is 0.662. The Hall–Kier alpha value is -2.83. The maximum atomic E-state index is 12.0. The summed E-state index contributed by atoms with van der Waals surface area (Å²) in [6.07, 6.45) is -0.705. The van der Waals surface area contributed by atoms with Crippen LogP contribution in [-0.4, -0.2) is 23.1 Å². The summed E-state index contributed by atoms with van der Waals surface area (Å²) in [5, 5.41) is 8.93. The number of anilines is 2. The van der Waals surface area contributed by atoms with Crippen molar-refractivity contribution in [2.24, 2.45) is 0 Å². The highest BCUT2D eigenvalue weighted by Gasteiger charge is 2.16. The molecule has 7 heteroatoms. The summed E-state index contributed by atoms with van der Waals surface area (Å²) in [7, 11) is 0. The van der Waals surface area contributed by atoms with Crippen LogP contribution in [0.25, 0.3) is 0 Å². The molecule has 1 heterocycles. The average molecular weight is 303 g/mol. The van der Waals surface area contributed by atoms with Gasteiger partial charge in [0.1, 0.15) is 11.5 Å². The maximum absolute atomic E-state index is 12.0. The van der Waals surface area contributed by atoms with Crippen molar-refractivity contribution in [3.05, 3.63) is 36.1 Å². The van der Waals surface area contributed by atoms with Gasteiger partial charge < -0.3 is 19.9 Å². The normalized spacial score (nSPS) is 11.6. The van der Waals surface area contributed by atoms with Crippen LogP contribution in [-0.2, 0) is 9.59 Å². The molecule has 1 aromatic heterocycles. The van der Waals surface area contributed by atoms with Crippen LogP contribution >= 0.6 is 0 Å². The molecule has 2 amide bonds. The fourth-order valence-corrected chi connectivity index (χ4v) is 1.73. The third kappa shape index (κ3) is 4.34. The Balaban J connectivity index is 1.91. The summed E-state index contributed by atoms with van der Waals surface area (Å²) in [6.45, 7) is 4.80. The molecule has 116 valence electrons. The Morgan fingerprint density at radius 3 is 2.45 bits per heavy atom. The van der Waals surface area contributed by atoms with E-state index in [1.165, 1.54) is 6.92 Å². The Labute approximate surface area is 127 Å². The molecule has 0 spiro atoms. The van der Waals surface area contributed by atoms with Crippen molar-refractivity contribution in [2.75, 3.05) is 10.6 Å². The van der Waals surface area contributed by atoms with E-state index in [9.17, 15) is 9.59 Å². The van der Waals surface area contributed by atoms with E-state index >= 15 is 0 Å². The lowest BCUT2D eigenvalue weighted by Gasteiger charge is -2.14. The molecule has 7 nitrogen and oxygen atoms in total. The topological polar surface area (TPSA) is 93.5 Å². The molecule has 0 aliphatic carbocycles. The Kier molecular flexibility index (Phi) is 4.77. The molecule has 2 N–H and O–H groups in total. The number of carbonyl (C=O) groups is 2. The minimum absolute atomic E-state index is 0.149. The quantitative estimate of drug-likeness (QED) is 0.884. The van der Waals surface area contributed by atoms with Gasteiger partial charge in [0.05, 0.1) is 0 Å².